The summed E-state index contributed by atoms with van der Waals surface area (Å²) in [4.78, 5) is 9.86. The Balaban J connectivity index is 2.82. The molecule has 0 fully saturated rings. The molecule has 1 aromatic carbocycles. The van der Waals surface area contributed by atoms with Crippen molar-refractivity contribution >= 4 is 21.4 Å². The first-order valence-electron chi connectivity index (χ1n) is 4.94. The van der Waals surface area contributed by atoms with Crippen LogP contribution in [0.1, 0.15) is 12.5 Å². The first kappa shape index (κ1) is 12.7. The van der Waals surface area contributed by atoms with E-state index in [9.17, 15) is 22.7 Å². The van der Waals surface area contributed by atoms with Gasteiger partial charge in [-0.15, -0.1) is 0 Å². The highest BCUT2D eigenvalue weighted by Gasteiger charge is 2.40. The summed E-state index contributed by atoms with van der Waals surface area (Å²) in [6.45, 7) is 1.15. The van der Waals surface area contributed by atoms with Crippen molar-refractivity contribution in [3.63, 3.8) is 0 Å². The van der Waals surface area contributed by atoms with E-state index in [4.69, 9.17) is 5.11 Å². The van der Waals surface area contributed by atoms with Crippen molar-refractivity contribution < 1.29 is 27.8 Å². The van der Waals surface area contributed by atoms with Crippen LogP contribution in [0.25, 0.3) is 5.57 Å². The number of carbonyl (C=O) groups is 1. The van der Waals surface area contributed by atoms with E-state index in [-0.39, 0.29) is 16.0 Å². The fourth-order valence-electron chi connectivity index (χ4n) is 1.94. The Morgan fingerprint density at radius 1 is 1.39 bits per heavy atom. The number of carboxylic acid groups (broad SMARTS) is 1. The van der Waals surface area contributed by atoms with Crippen LogP contribution in [0, 0.1) is 5.82 Å². The standard InChI is InChI=1S/C11H9FO5S/c1-5-8(9(13)11(14)15)6-3-2-4-7(12)10(6)18(5,16)17/h2-4,9,13H,1H3,(H,14,15). The number of sulfone groups is 1. The number of halogens is 1. The van der Waals surface area contributed by atoms with Crippen molar-refractivity contribution in [3.05, 3.63) is 34.5 Å². The Kier molecular flexibility index (Phi) is 2.75. The number of aliphatic hydroxyl groups is 1. The van der Waals surface area contributed by atoms with Gasteiger partial charge >= 0.3 is 5.97 Å². The van der Waals surface area contributed by atoms with Gasteiger partial charge in [0, 0.05) is 11.1 Å². The van der Waals surface area contributed by atoms with Crippen molar-refractivity contribution in [3.8, 4) is 0 Å². The monoisotopic (exact) mass is 272 g/mol. The van der Waals surface area contributed by atoms with Gasteiger partial charge in [0.1, 0.15) is 10.7 Å². The molecule has 0 saturated heterocycles. The maximum Gasteiger partial charge on any atom is 0.337 e. The lowest BCUT2D eigenvalue weighted by Crippen LogP contribution is -2.21. The van der Waals surface area contributed by atoms with Crippen LogP contribution in [0.15, 0.2) is 28.0 Å². The van der Waals surface area contributed by atoms with Gasteiger partial charge in [0.25, 0.3) is 0 Å². The molecule has 0 amide bonds. The zero-order chi connectivity index (χ0) is 13.7. The van der Waals surface area contributed by atoms with Gasteiger partial charge in [-0.3, -0.25) is 0 Å². The van der Waals surface area contributed by atoms with E-state index in [1.807, 2.05) is 0 Å². The van der Waals surface area contributed by atoms with E-state index in [1.165, 1.54) is 12.1 Å². The van der Waals surface area contributed by atoms with Crippen LogP contribution in [0.4, 0.5) is 4.39 Å². The summed E-state index contributed by atoms with van der Waals surface area (Å²) in [6.07, 6.45) is -2.00. The number of aliphatic hydroxyl groups excluding tert-OH is 1. The SMILES string of the molecule is CC1=C(C(O)C(=O)O)c2cccc(F)c2S1(=O)=O. The molecule has 1 aliphatic heterocycles. The van der Waals surface area contributed by atoms with Gasteiger partial charge < -0.3 is 10.2 Å². The minimum atomic E-state index is -4.06. The second-order valence-electron chi connectivity index (χ2n) is 3.83. The minimum Gasteiger partial charge on any atom is -0.479 e. The Morgan fingerprint density at radius 2 is 2.00 bits per heavy atom. The third kappa shape index (κ3) is 1.55. The molecule has 1 heterocycles. The van der Waals surface area contributed by atoms with E-state index in [2.05, 4.69) is 0 Å². The third-order valence-corrected chi connectivity index (χ3v) is 4.79. The number of hydrogen-bond donors (Lipinski definition) is 2. The van der Waals surface area contributed by atoms with Crippen LogP contribution in [0.2, 0.25) is 0 Å². The maximum absolute atomic E-state index is 13.6. The molecule has 2 N–H and O–H groups in total. The fraction of sp³-hybridized carbons (Fsp3) is 0.182. The van der Waals surface area contributed by atoms with Crippen LogP contribution in [-0.2, 0) is 14.6 Å². The summed E-state index contributed by atoms with van der Waals surface area (Å²) >= 11 is 0. The highest BCUT2D eigenvalue weighted by Crippen LogP contribution is 2.41. The van der Waals surface area contributed by atoms with Gasteiger partial charge in [-0.2, -0.15) is 0 Å². The molecule has 96 valence electrons. The van der Waals surface area contributed by atoms with Crippen LogP contribution in [-0.4, -0.2) is 30.7 Å². The van der Waals surface area contributed by atoms with E-state index in [0.717, 1.165) is 13.0 Å². The zero-order valence-electron chi connectivity index (χ0n) is 9.21. The Labute approximate surface area is 102 Å². The average molecular weight is 272 g/mol. The number of hydrogen-bond acceptors (Lipinski definition) is 4. The lowest BCUT2D eigenvalue weighted by Gasteiger charge is -2.08. The Hall–Kier alpha value is -1.73. The predicted molar refractivity (Wildman–Crippen MR) is 59.8 cm³/mol. The summed E-state index contributed by atoms with van der Waals surface area (Å²) < 4.78 is 37.4. The number of aliphatic carboxylic acids is 1. The van der Waals surface area contributed by atoms with Crippen LogP contribution in [0.3, 0.4) is 0 Å². The topological polar surface area (TPSA) is 91.7 Å². The second-order valence-corrected chi connectivity index (χ2v) is 5.86. The fourth-order valence-corrected chi connectivity index (χ4v) is 3.55. The molecule has 5 nitrogen and oxygen atoms in total. The summed E-state index contributed by atoms with van der Waals surface area (Å²) in [5.74, 6) is -2.55. The van der Waals surface area contributed by atoms with Crippen molar-refractivity contribution in [2.75, 3.05) is 0 Å². The van der Waals surface area contributed by atoms with E-state index in [1.54, 1.807) is 0 Å². The molecular formula is C11H9FO5S. The quantitative estimate of drug-likeness (QED) is 0.830. The highest BCUT2D eigenvalue weighted by molar-refractivity contribution is 7.95. The summed E-state index contributed by atoms with van der Waals surface area (Å²) in [5.41, 5.74) is -0.376. The molecule has 1 unspecified atom stereocenters. The first-order valence-corrected chi connectivity index (χ1v) is 6.42. The number of allylic oxidation sites excluding steroid dienone is 1. The molecule has 0 aromatic heterocycles. The van der Waals surface area contributed by atoms with Crippen molar-refractivity contribution in [1.29, 1.82) is 0 Å². The summed E-state index contributed by atoms with van der Waals surface area (Å²) in [6, 6.07) is 3.50. The lowest BCUT2D eigenvalue weighted by molar-refractivity contribution is -0.143. The van der Waals surface area contributed by atoms with Crippen molar-refractivity contribution in [2.45, 2.75) is 17.9 Å². The molecule has 1 aromatic rings. The van der Waals surface area contributed by atoms with Crippen LogP contribution >= 0.6 is 0 Å². The number of rotatable bonds is 2. The van der Waals surface area contributed by atoms with E-state index in [0.29, 0.717) is 0 Å². The molecule has 18 heavy (non-hydrogen) atoms. The van der Waals surface area contributed by atoms with E-state index >= 15 is 0 Å². The third-order valence-electron chi connectivity index (χ3n) is 2.82. The number of fused-ring (bicyclic) bond motifs is 1. The predicted octanol–water partition coefficient (Wildman–Crippen LogP) is 0.790. The molecule has 0 aliphatic carbocycles. The lowest BCUT2D eigenvalue weighted by atomic mass is 10.0. The molecule has 0 bridgehead atoms. The first-order chi connectivity index (χ1) is 8.28. The van der Waals surface area contributed by atoms with E-state index < -0.39 is 32.6 Å². The smallest absolute Gasteiger partial charge is 0.337 e. The normalized spacial score (nSPS) is 18.6. The van der Waals surface area contributed by atoms with Crippen molar-refractivity contribution in [1.82, 2.24) is 0 Å². The van der Waals surface area contributed by atoms with Gasteiger partial charge in [-0.05, 0) is 13.0 Å². The molecule has 0 radical (unpaired) electrons. The maximum atomic E-state index is 13.6. The van der Waals surface area contributed by atoms with Gasteiger partial charge in [0.2, 0.25) is 9.84 Å². The minimum absolute atomic E-state index is 0.0950. The Morgan fingerprint density at radius 3 is 2.56 bits per heavy atom. The van der Waals surface area contributed by atoms with Crippen LogP contribution < -0.4 is 0 Å². The second kappa shape index (κ2) is 3.89. The summed E-state index contributed by atoms with van der Waals surface area (Å²) in [7, 11) is -4.06. The Bertz CT molecular complexity index is 675. The highest BCUT2D eigenvalue weighted by atomic mass is 32.2. The van der Waals surface area contributed by atoms with Gasteiger partial charge in [0.15, 0.2) is 6.10 Å². The summed E-state index contributed by atoms with van der Waals surface area (Å²) in [5, 5.41) is 18.3. The zero-order valence-corrected chi connectivity index (χ0v) is 10.0. The van der Waals surface area contributed by atoms with Crippen LogP contribution in [0.5, 0.6) is 0 Å². The number of carboxylic acids is 1. The number of benzene rings is 1. The molecule has 1 aliphatic rings. The van der Waals surface area contributed by atoms with Gasteiger partial charge in [-0.25, -0.2) is 17.6 Å². The molecule has 1 atom stereocenters. The van der Waals surface area contributed by atoms with Gasteiger partial charge in [0.05, 0.1) is 4.91 Å². The molecule has 2 rings (SSSR count). The largest absolute Gasteiger partial charge is 0.479 e. The molecule has 0 spiro atoms. The molecule has 0 saturated carbocycles. The van der Waals surface area contributed by atoms with Crippen molar-refractivity contribution in [2.24, 2.45) is 0 Å². The molecular weight excluding hydrogens is 263 g/mol. The average Bonchev–Trinajstić information content (AvgIpc) is 2.47. The van der Waals surface area contributed by atoms with Gasteiger partial charge in [-0.1, -0.05) is 12.1 Å². The molecule has 7 heteroatoms.